The molecule has 0 N–H and O–H groups in total. The van der Waals surface area contributed by atoms with Crippen molar-refractivity contribution in [2.75, 3.05) is 31.1 Å². The van der Waals surface area contributed by atoms with Gasteiger partial charge in [0, 0.05) is 57.1 Å². The molecule has 1 saturated heterocycles. The van der Waals surface area contributed by atoms with Crippen LogP contribution in [-0.2, 0) is 11.2 Å². The molecule has 29 heavy (non-hydrogen) atoms. The molecule has 3 aromatic rings. The van der Waals surface area contributed by atoms with Crippen molar-refractivity contribution >= 4 is 11.6 Å². The molecular weight excluding hydrogens is 366 g/mol. The number of aromatic nitrogens is 3. The van der Waals surface area contributed by atoms with Gasteiger partial charge < -0.3 is 14.2 Å². The first-order chi connectivity index (χ1) is 14.1. The van der Waals surface area contributed by atoms with Crippen molar-refractivity contribution in [3.63, 3.8) is 0 Å². The van der Waals surface area contributed by atoms with E-state index in [1.807, 2.05) is 17.0 Å². The molecule has 0 unspecified atom stereocenters. The van der Waals surface area contributed by atoms with Gasteiger partial charge in [-0.3, -0.25) is 9.78 Å². The maximum absolute atomic E-state index is 12.6. The van der Waals surface area contributed by atoms with E-state index in [1.54, 1.807) is 12.4 Å². The largest absolute Gasteiger partial charge is 0.421 e. The molecule has 3 heterocycles. The normalized spacial score (nSPS) is 14.3. The van der Waals surface area contributed by atoms with Crippen LogP contribution in [0.3, 0.4) is 0 Å². The number of nitrogens with zero attached hydrogens (tertiary/aromatic N) is 5. The second-order valence-corrected chi connectivity index (χ2v) is 7.33. The summed E-state index contributed by atoms with van der Waals surface area (Å²) in [5.41, 5.74) is 4.66. The Morgan fingerprint density at radius 3 is 2.66 bits per heavy atom. The lowest BCUT2D eigenvalue weighted by molar-refractivity contribution is -0.131. The van der Waals surface area contributed by atoms with Gasteiger partial charge in [0.15, 0.2) is 0 Å². The van der Waals surface area contributed by atoms with Crippen LogP contribution in [0.4, 0.5) is 5.69 Å². The highest BCUT2D eigenvalue weighted by Crippen LogP contribution is 2.24. The second kappa shape index (κ2) is 8.43. The third-order valence-corrected chi connectivity index (χ3v) is 5.48. The minimum absolute atomic E-state index is 0.131. The summed E-state index contributed by atoms with van der Waals surface area (Å²) in [6, 6.07) is 10.1. The Balaban J connectivity index is 1.29. The van der Waals surface area contributed by atoms with Crippen LogP contribution in [0.15, 0.2) is 47.1 Å². The molecule has 1 fully saturated rings. The van der Waals surface area contributed by atoms with E-state index in [4.69, 9.17) is 4.42 Å². The molecule has 1 aromatic carbocycles. The maximum Gasteiger partial charge on any atom is 0.249 e. The van der Waals surface area contributed by atoms with E-state index in [9.17, 15) is 4.79 Å². The van der Waals surface area contributed by atoms with Gasteiger partial charge in [-0.25, -0.2) is 0 Å². The Labute approximate surface area is 170 Å². The van der Waals surface area contributed by atoms with E-state index >= 15 is 0 Å². The van der Waals surface area contributed by atoms with Crippen LogP contribution in [0.25, 0.3) is 11.5 Å². The van der Waals surface area contributed by atoms with Gasteiger partial charge in [0.25, 0.3) is 0 Å². The smallest absolute Gasteiger partial charge is 0.249 e. The highest BCUT2D eigenvalue weighted by molar-refractivity contribution is 5.76. The number of anilines is 1. The van der Waals surface area contributed by atoms with Gasteiger partial charge in [0.2, 0.25) is 17.7 Å². The van der Waals surface area contributed by atoms with Gasteiger partial charge >= 0.3 is 0 Å². The van der Waals surface area contributed by atoms with Crippen molar-refractivity contribution in [1.29, 1.82) is 0 Å². The first-order valence-electron chi connectivity index (χ1n) is 9.93. The monoisotopic (exact) mass is 391 g/mol. The summed E-state index contributed by atoms with van der Waals surface area (Å²) in [6.07, 6.45) is 4.19. The molecule has 0 aliphatic carbocycles. The Bertz CT molecular complexity index is 978. The summed E-state index contributed by atoms with van der Waals surface area (Å²) in [7, 11) is 0. The molecule has 0 bridgehead atoms. The Morgan fingerprint density at radius 1 is 1.07 bits per heavy atom. The summed E-state index contributed by atoms with van der Waals surface area (Å²) >= 11 is 0. The van der Waals surface area contributed by atoms with E-state index < -0.39 is 0 Å². The van der Waals surface area contributed by atoms with Crippen molar-refractivity contribution in [3.05, 3.63) is 59.7 Å². The van der Waals surface area contributed by atoms with Crippen molar-refractivity contribution < 1.29 is 9.21 Å². The van der Waals surface area contributed by atoms with Crippen molar-refractivity contribution in [3.8, 4) is 11.5 Å². The molecule has 150 valence electrons. The zero-order valence-corrected chi connectivity index (χ0v) is 16.8. The van der Waals surface area contributed by atoms with Gasteiger partial charge in [0.05, 0.1) is 5.56 Å². The van der Waals surface area contributed by atoms with E-state index in [1.165, 1.54) is 16.8 Å². The summed E-state index contributed by atoms with van der Waals surface area (Å²) in [6.45, 7) is 7.46. The highest BCUT2D eigenvalue weighted by Gasteiger charge is 2.22. The van der Waals surface area contributed by atoms with Crippen molar-refractivity contribution in [2.45, 2.75) is 26.7 Å². The van der Waals surface area contributed by atoms with Crippen molar-refractivity contribution in [2.24, 2.45) is 0 Å². The number of carbonyl (C=O) groups is 1. The van der Waals surface area contributed by atoms with E-state index in [0.29, 0.717) is 24.6 Å². The van der Waals surface area contributed by atoms with Gasteiger partial charge in [-0.2, -0.15) is 0 Å². The third kappa shape index (κ3) is 4.29. The lowest BCUT2D eigenvalue weighted by Gasteiger charge is -2.37. The molecule has 2 aromatic heterocycles. The van der Waals surface area contributed by atoms with Crippen molar-refractivity contribution in [1.82, 2.24) is 20.1 Å². The molecule has 7 nitrogen and oxygen atoms in total. The Morgan fingerprint density at radius 2 is 1.90 bits per heavy atom. The predicted octanol–water partition coefficient (Wildman–Crippen LogP) is 3.03. The number of piperazine rings is 1. The number of amides is 1. The molecule has 1 aliphatic heterocycles. The highest BCUT2D eigenvalue weighted by atomic mass is 16.4. The molecule has 4 rings (SSSR count). The number of benzene rings is 1. The molecule has 0 radical (unpaired) electrons. The fraction of sp³-hybridized carbons (Fsp3) is 0.364. The molecule has 0 atom stereocenters. The number of hydrogen-bond acceptors (Lipinski definition) is 6. The fourth-order valence-electron chi connectivity index (χ4n) is 3.61. The molecule has 0 spiro atoms. The fourth-order valence-corrected chi connectivity index (χ4v) is 3.61. The zero-order chi connectivity index (χ0) is 20.2. The van der Waals surface area contributed by atoms with E-state index in [0.717, 1.165) is 31.7 Å². The predicted molar refractivity (Wildman–Crippen MR) is 111 cm³/mol. The average Bonchev–Trinajstić information content (AvgIpc) is 3.24. The third-order valence-electron chi connectivity index (χ3n) is 5.48. The quantitative estimate of drug-likeness (QED) is 0.665. The molecule has 1 aliphatic rings. The number of hydrogen-bond donors (Lipinski definition) is 0. The van der Waals surface area contributed by atoms with E-state index in [2.05, 4.69) is 52.1 Å². The van der Waals surface area contributed by atoms with Crippen LogP contribution < -0.4 is 4.90 Å². The lowest BCUT2D eigenvalue weighted by atomic mass is 10.1. The van der Waals surface area contributed by atoms with Crippen LogP contribution in [0.1, 0.15) is 23.4 Å². The zero-order valence-electron chi connectivity index (χ0n) is 16.8. The Hall–Kier alpha value is -3.22. The molecule has 7 heteroatoms. The first-order valence-corrected chi connectivity index (χ1v) is 9.93. The summed E-state index contributed by atoms with van der Waals surface area (Å²) in [5.74, 6) is 1.04. The number of rotatable bonds is 5. The van der Waals surface area contributed by atoms with Crippen LogP contribution in [-0.4, -0.2) is 52.2 Å². The summed E-state index contributed by atoms with van der Waals surface area (Å²) in [4.78, 5) is 21.0. The molecular formula is C22H25N5O2. The van der Waals surface area contributed by atoms with Gasteiger partial charge in [-0.15, -0.1) is 10.2 Å². The van der Waals surface area contributed by atoms with Crippen LogP contribution in [0, 0.1) is 13.8 Å². The first kappa shape index (κ1) is 19.1. The Kier molecular flexibility index (Phi) is 5.55. The minimum Gasteiger partial charge on any atom is -0.421 e. The van der Waals surface area contributed by atoms with Gasteiger partial charge in [0.1, 0.15) is 0 Å². The van der Waals surface area contributed by atoms with Gasteiger partial charge in [-0.05, 0) is 43.2 Å². The SMILES string of the molecule is Cc1cccc(N2CCN(C(=O)CCc3nnc(-c4cccnc4)o3)CC2)c1C. The topological polar surface area (TPSA) is 75.4 Å². The number of carbonyl (C=O) groups excluding carboxylic acids is 1. The number of aryl methyl sites for hydroxylation is 2. The van der Waals surface area contributed by atoms with Crippen LogP contribution in [0.5, 0.6) is 0 Å². The maximum atomic E-state index is 12.6. The standard InChI is InChI=1S/C22H25N5O2/c1-16-5-3-7-19(17(16)2)26-11-13-27(14-12-26)21(28)9-8-20-24-25-22(29-20)18-6-4-10-23-15-18/h3-7,10,15H,8-9,11-14H2,1-2H3. The molecule has 0 saturated carbocycles. The van der Waals surface area contributed by atoms with Crippen LogP contribution >= 0.6 is 0 Å². The number of pyridine rings is 1. The van der Waals surface area contributed by atoms with E-state index in [-0.39, 0.29) is 5.91 Å². The van der Waals surface area contributed by atoms with Crippen LogP contribution in [0.2, 0.25) is 0 Å². The summed E-state index contributed by atoms with van der Waals surface area (Å²) < 4.78 is 5.67. The molecule has 1 amide bonds. The second-order valence-electron chi connectivity index (χ2n) is 7.33. The van der Waals surface area contributed by atoms with Gasteiger partial charge in [-0.1, -0.05) is 12.1 Å². The average molecular weight is 391 g/mol. The summed E-state index contributed by atoms with van der Waals surface area (Å²) in [5, 5.41) is 8.10. The minimum atomic E-state index is 0.131. The lowest BCUT2D eigenvalue weighted by Crippen LogP contribution is -2.49.